The van der Waals surface area contributed by atoms with Crippen molar-refractivity contribution in [3.05, 3.63) is 35.9 Å². The number of benzene rings is 1. The van der Waals surface area contributed by atoms with Crippen LogP contribution in [-0.4, -0.2) is 43.0 Å². The average Bonchev–Trinajstić information content (AvgIpc) is 3.09. The summed E-state index contributed by atoms with van der Waals surface area (Å²) in [5.74, 6) is 0.396. The molecule has 28 heavy (non-hydrogen) atoms. The fraction of sp³-hybridized carbons (Fsp3) is 0.696. The second-order valence-corrected chi connectivity index (χ2v) is 16.0. The highest BCUT2D eigenvalue weighted by atomic mass is 28.3. The quantitative estimate of drug-likeness (QED) is 0.596. The van der Waals surface area contributed by atoms with Gasteiger partial charge in [0, 0.05) is 5.92 Å². The van der Waals surface area contributed by atoms with E-state index >= 15 is 0 Å². The second kappa shape index (κ2) is 7.49. The molecule has 2 aliphatic rings. The monoisotopic (exact) mass is 403 g/mol. The molecule has 3 atom stereocenters. The molecule has 0 unspecified atom stereocenters. The smallest absolute Gasteiger partial charge is 0.412 e. The Morgan fingerprint density at radius 3 is 2.32 bits per heavy atom. The van der Waals surface area contributed by atoms with E-state index < -0.39 is 13.8 Å². The van der Waals surface area contributed by atoms with Gasteiger partial charge in [0.15, 0.2) is 0 Å². The van der Waals surface area contributed by atoms with E-state index in [4.69, 9.17) is 9.47 Å². The van der Waals surface area contributed by atoms with Gasteiger partial charge >= 0.3 is 6.09 Å². The third-order valence-corrected chi connectivity index (χ3v) is 9.01. The Balaban J connectivity index is 1.83. The van der Waals surface area contributed by atoms with Gasteiger partial charge in [0.2, 0.25) is 0 Å². The first-order valence-electron chi connectivity index (χ1n) is 10.6. The molecule has 0 bridgehead atoms. The highest BCUT2D eigenvalue weighted by Gasteiger charge is 2.51. The molecule has 0 spiro atoms. The van der Waals surface area contributed by atoms with E-state index in [1.165, 1.54) is 5.56 Å². The molecule has 0 aromatic heterocycles. The van der Waals surface area contributed by atoms with E-state index in [1.54, 1.807) is 4.90 Å². The van der Waals surface area contributed by atoms with Crippen LogP contribution in [-0.2, 0) is 9.47 Å². The van der Waals surface area contributed by atoms with Crippen LogP contribution in [0.25, 0.3) is 0 Å². The van der Waals surface area contributed by atoms with Crippen LogP contribution in [0.3, 0.4) is 0 Å². The van der Waals surface area contributed by atoms with Gasteiger partial charge in [0.25, 0.3) is 0 Å². The van der Waals surface area contributed by atoms with Crippen LogP contribution in [0.2, 0.25) is 19.6 Å². The molecular weight excluding hydrogens is 366 g/mol. The number of hydrogen-bond acceptors (Lipinski definition) is 3. The first-order valence-corrected chi connectivity index (χ1v) is 14.2. The number of nitrogens with zero attached hydrogens (tertiary/aromatic N) is 1. The van der Waals surface area contributed by atoms with Crippen molar-refractivity contribution in [2.45, 2.75) is 89.5 Å². The largest absolute Gasteiger partial charge is 0.446 e. The normalized spacial score (nSPS) is 27.6. The molecule has 0 radical (unpaired) electrons. The lowest BCUT2D eigenvalue weighted by Gasteiger charge is -2.40. The van der Waals surface area contributed by atoms with E-state index in [2.05, 4.69) is 50.0 Å². The summed E-state index contributed by atoms with van der Waals surface area (Å²) in [7, 11) is -1.50. The van der Waals surface area contributed by atoms with Gasteiger partial charge < -0.3 is 9.47 Å². The summed E-state index contributed by atoms with van der Waals surface area (Å²) in [6, 6.07) is 10.8. The summed E-state index contributed by atoms with van der Waals surface area (Å²) in [6.07, 6.45) is 2.97. The van der Waals surface area contributed by atoms with Crippen molar-refractivity contribution in [2.75, 3.05) is 6.61 Å². The van der Waals surface area contributed by atoms with Crippen LogP contribution in [0.4, 0.5) is 4.79 Å². The van der Waals surface area contributed by atoms with Crippen molar-refractivity contribution in [2.24, 2.45) is 5.92 Å². The Morgan fingerprint density at radius 1 is 1.14 bits per heavy atom. The summed E-state index contributed by atoms with van der Waals surface area (Å²) >= 11 is 0. The van der Waals surface area contributed by atoms with Crippen molar-refractivity contribution < 1.29 is 14.3 Å². The molecule has 0 N–H and O–H groups in total. The minimum Gasteiger partial charge on any atom is -0.446 e. The van der Waals surface area contributed by atoms with E-state index in [1.807, 2.05) is 27.7 Å². The number of ether oxygens (including phenoxy) is 2. The molecule has 5 heteroatoms. The summed E-state index contributed by atoms with van der Waals surface area (Å²) in [5, 5.41) is 0. The molecule has 1 saturated carbocycles. The molecule has 4 nitrogen and oxygen atoms in total. The lowest BCUT2D eigenvalue weighted by Crippen LogP contribution is -2.54. The summed E-state index contributed by atoms with van der Waals surface area (Å²) < 4.78 is 12.1. The summed E-state index contributed by atoms with van der Waals surface area (Å²) in [5.41, 5.74) is 0.906. The molecule has 1 heterocycles. The van der Waals surface area contributed by atoms with Crippen LogP contribution in [0.5, 0.6) is 0 Å². The molecule has 1 aromatic carbocycles. The SMILES string of the molecule is CC1(C)COC(C)(C)N1C(=O)O[C@@H]1CCC[C@H]1[C@@H](c1ccccc1)[Si](C)(C)C. The van der Waals surface area contributed by atoms with E-state index in [-0.39, 0.29) is 17.7 Å². The van der Waals surface area contributed by atoms with Crippen LogP contribution >= 0.6 is 0 Å². The number of carbonyl (C=O) groups excluding carboxylic acids is 1. The van der Waals surface area contributed by atoms with Crippen molar-refractivity contribution in [1.29, 1.82) is 0 Å². The van der Waals surface area contributed by atoms with Crippen molar-refractivity contribution in [1.82, 2.24) is 4.90 Å². The lowest BCUT2D eigenvalue weighted by molar-refractivity contribution is -0.0614. The fourth-order valence-corrected chi connectivity index (χ4v) is 8.25. The third-order valence-electron chi connectivity index (χ3n) is 6.38. The van der Waals surface area contributed by atoms with Gasteiger partial charge in [0.1, 0.15) is 11.8 Å². The Morgan fingerprint density at radius 2 is 1.79 bits per heavy atom. The van der Waals surface area contributed by atoms with Gasteiger partial charge in [-0.15, -0.1) is 0 Å². The highest BCUT2D eigenvalue weighted by Crippen LogP contribution is 2.45. The summed E-state index contributed by atoms with van der Waals surface area (Å²) in [4.78, 5) is 15.0. The zero-order valence-corrected chi connectivity index (χ0v) is 19.6. The minimum atomic E-state index is -1.50. The standard InChI is InChI=1S/C23H37NO3Si/c1-22(2)16-26-23(3,4)24(22)21(25)27-19-15-11-14-18(19)20(28(5,6)7)17-12-9-8-10-13-17/h8-10,12-13,18-20H,11,14-16H2,1-7H3/t18-,19-,20-/m1/s1. The molecule has 1 aliphatic heterocycles. The Kier molecular flexibility index (Phi) is 5.72. The van der Waals surface area contributed by atoms with Gasteiger partial charge in [0.05, 0.1) is 20.2 Å². The van der Waals surface area contributed by atoms with Crippen molar-refractivity contribution in [3.63, 3.8) is 0 Å². The first-order chi connectivity index (χ1) is 12.9. The van der Waals surface area contributed by atoms with Crippen molar-refractivity contribution >= 4 is 14.2 Å². The van der Waals surface area contributed by atoms with Gasteiger partial charge in [-0.3, -0.25) is 4.90 Å². The van der Waals surface area contributed by atoms with E-state index in [0.717, 1.165) is 19.3 Å². The number of hydrogen-bond donors (Lipinski definition) is 0. The predicted molar refractivity (Wildman–Crippen MR) is 116 cm³/mol. The molecule has 1 amide bonds. The Hall–Kier alpha value is -1.33. The minimum absolute atomic E-state index is 0.0170. The Bertz CT molecular complexity index is 680. The number of amides is 1. The second-order valence-electron chi connectivity index (χ2n) is 10.7. The first kappa shape index (κ1) is 21.4. The maximum Gasteiger partial charge on any atom is 0.412 e. The van der Waals surface area contributed by atoms with Gasteiger partial charge in [-0.1, -0.05) is 50.0 Å². The van der Waals surface area contributed by atoms with Crippen molar-refractivity contribution in [3.8, 4) is 0 Å². The van der Waals surface area contributed by atoms with Crippen LogP contribution in [0.1, 0.15) is 58.1 Å². The molecule has 3 rings (SSSR count). The summed E-state index contributed by atoms with van der Waals surface area (Å²) in [6.45, 7) is 15.8. The number of rotatable bonds is 4. The van der Waals surface area contributed by atoms with Gasteiger partial charge in [-0.05, 0) is 58.1 Å². The lowest BCUT2D eigenvalue weighted by atomic mass is 9.95. The van der Waals surface area contributed by atoms with Gasteiger partial charge in [-0.25, -0.2) is 4.79 Å². The molecule has 1 saturated heterocycles. The van der Waals surface area contributed by atoms with Gasteiger partial charge in [-0.2, -0.15) is 0 Å². The third kappa shape index (κ3) is 4.15. The molecular formula is C23H37NO3Si. The van der Waals surface area contributed by atoms with E-state index in [0.29, 0.717) is 18.1 Å². The van der Waals surface area contributed by atoms with Crippen LogP contribution in [0, 0.1) is 5.92 Å². The molecule has 2 fully saturated rings. The topological polar surface area (TPSA) is 38.8 Å². The Labute approximate surface area is 171 Å². The zero-order valence-electron chi connectivity index (χ0n) is 18.6. The zero-order chi connectivity index (χ0) is 20.7. The molecule has 1 aliphatic carbocycles. The maximum atomic E-state index is 13.2. The van der Waals surface area contributed by atoms with E-state index in [9.17, 15) is 4.79 Å². The fourth-order valence-electron chi connectivity index (χ4n) is 5.39. The molecule has 1 aromatic rings. The highest BCUT2D eigenvalue weighted by molar-refractivity contribution is 6.77. The maximum absolute atomic E-state index is 13.2. The average molecular weight is 404 g/mol. The molecule has 156 valence electrons. The van der Waals surface area contributed by atoms with Crippen LogP contribution < -0.4 is 0 Å². The van der Waals surface area contributed by atoms with Crippen LogP contribution in [0.15, 0.2) is 30.3 Å². The number of carbonyl (C=O) groups is 1. The predicted octanol–water partition coefficient (Wildman–Crippen LogP) is 5.80.